The highest BCUT2D eigenvalue weighted by atomic mass is 32.2. The molecule has 0 aliphatic carbocycles. The van der Waals surface area contributed by atoms with Crippen LogP contribution in [0.5, 0.6) is 0 Å². The molecular weight excluding hydrogens is 314 g/mol. The predicted molar refractivity (Wildman–Crippen MR) is 105 cm³/mol. The molecule has 0 unspecified atom stereocenters. The molecule has 0 spiro atoms. The molecule has 1 amide bonds. The average Bonchev–Trinajstić information content (AvgIpc) is 2.55. The summed E-state index contributed by atoms with van der Waals surface area (Å²) in [6, 6.07) is 16.5. The van der Waals surface area contributed by atoms with Crippen LogP contribution in [0.1, 0.15) is 47.8 Å². The third kappa shape index (κ3) is 5.72. The standard InChI is InChI=1S/C21H27NOS/c1-16-5-7-17(8-6-16)15-24-14-13-22-20(23)18-9-11-19(12-10-18)21(2,3)4/h5-12H,13-15H2,1-4H3,(H,22,23). The van der Waals surface area contributed by atoms with Crippen molar-refractivity contribution in [3.63, 3.8) is 0 Å². The van der Waals surface area contributed by atoms with Crippen LogP contribution in [0.3, 0.4) is 0 Å². The molecule has 0 heterocycles. The Morgan fingerprint density at radius 1 is 1.00 bits per heavy atom. The van der Waals surface area contributed by atoms with E-state index in [1.807, 2.05) is 36.0 Å². The zero-order valence-electron chi connectivity index (χ0n) is 15.1. The van der Waals surface area contributed by atoms with Crippen molar-refractivity contribution < 1.29 is 4.79 Å². The molecule has 2 aromatic rings. The van der Waals surface area contributed by atoms with Gasteiger partial charge in [0.15, 0.2) is 0 Å². The largest absolute Gasteiger partial charge is 0.351 e. The number of carbonyl (C=O) groups is 1. The molecule has 2 aromatic carbocycles. The van der Waals surface area contributed by atoms with Gasteiger partial charge in [0.05, 0.1) is 0 Å². The SMILES string of the molecule is Cc1ccc(CSCCNC(=O)c2ccc(C(C)(C)C)cc2)cc1. The Bertz CT molecular complexity index is 654. The second-order valence-corrected chi connectivity index (χ2v) is 8.23. The van der Waals surface area contributed by atoms with Crippen LogP contribution in [0.25, 0.3) is 0 Å². The molecule has 3 heteroatoms. The zero-order valence-corrected chi connectivity index (χ0v) is 15.9. The van der Waals surface area contributed by atoms with Crippen LogP contribution in [-0.2, 0) is 11.2 Å². The summed E-state index contributed by atoms with van der Waals surface area (Å²) in [6.07, 6.45) is 0. The monoisotopic (exact) mass is 341 g/mol. The molecule has 1 N–H and O–H groups in total. The van der Waals surface area contributed by atoms with Crippen molar-refractivity contribution >= 4 is 17.7 Å². The summed E-state index contributed by atoms with van der Waals surface area (Å²) in [4.78, 5) is 12.2. The molecule has 0 aromatic heterocycles. The minimum absolute atomic E-state index is 0.00592. The van der Waals surface area contributed by atoms with Crippen LogP contribution in [0.4, 0.5) is 0 Å². The molecule has 0 aliphatic heterocycles. The fraction of sp³-hybridized carbons (Fsp3) is 0.381. The van der Waals surface area contributed by atoms with Gasteiger partial charge >= 0.3 is 0 Å². The Kier molecular flexibility index (Phi) is 6.50. The van der Waals surface area contributed by atoms with E-state index in [4.69, 9.17) is 0 Å². The topological polar surface area (TPSA) is 29.1 Å². The molecular formula is C21H27NOS. The van der Waals surface area contributed by atoms with Gasteiger partial charge in [-0.2, -0.15) is 11.8 Å². The second-order valence-electron chi connectivity index (χ2n) is 7.12. The maximum atomic E-state index is 12.2. The first-order valence-corrected chi connectivity index (χ1v) is 9.54. The van der Waals surface area contributed by atoms with Crippen molar-refractivity contribution in [3.8, 4) is 0 Å². The Labute approximate surface area is 150 Å². The van der Waals surface area contributed by atoms with Gasteiger partial charge in [-0.15, -0.1) is 0 Å². The third-order valence-electron chi connectivity index (χ3n) is 3.93. The lowest BCUT2D eigenvalue weighted by atomic mass is 9.87. The van der Waals surface area contributed by atoms with E-state index in [0.29, 0.717) is 6.54 Å². The smallest absolute Gasteiger partial charge is 0.251 e. The van der Waals surface area contributed by atoms with E-state index in [9.17, 15) is 4.79 Å². The molecule has 128 valence electrons. The molecule has 0 fully saturated rings. The van der Waals surface area contributed by atoms with E-state index < -0.39 is 0 Å². The summed E-state index contributed by atoms with van der Waals surface area (Å²) in [7, 11) is 0. The Morgan fingerprint density at radius 2 is 1.62 bits per heavy atom. The van der Waals surface area contributed by atoms with Crippen LogP contribution >= 0.6 is 11.8 Å². The maximum absolute atomic E-state index is 12.2. The summed E-state index contributed by atoms with van der Waals surface area (Å²) < 4.78 is 0. The fourth-order valence-corrected chi connectivity index (χ4v) is 3.15. The molecule has 0 saturated heterocycles. The Balaban J connectivity index is 1.72. The van der Waals surface area contributed by atoms with Gasteiger partial charge in [-0.3, -0.25) is 4.79 Å². The number of carbonyl (C=O) groups excluding carboxylic acids is 1. The molecule has 0 saturated carbocycles. The van der Waals surface area contributed by atoms with Gasteiger partial charge in [0, 0.05) is 23.6 Å². The van der Waals surface area contributed by atoms with Crippen LogP contribution in [-0.4, -0.2) is 18.2 Å². The van der Waals surface area contributed by atoms with Crippen molar-refractivity contribution in [3.05, 3.63) is 70.8 Å². The number of nitrogens with one attached hydrogen (secondary N) is 1. The molecule has 24 heavy (non-hydrogen) atoms. The number of rotatable bonds is 6. The molecule has 2 nitrogen and oxygen atoms in total. The van der Waals surface area contributed by atoms with Gasteiger partial charge in [0.1, 0.15) is 0 Å². The van der Waals surface area contributed by atoms with E-state index in [0.717, 1.165) is 17.1 Å². The van der Waals surface area contributed by atoms with Crippen molar-refractivity contribution in [2.45, 2.75) is 38.9 Å². The van der Waals surface area contributed by atoms with Crippen LogP contribution in [0, 0.1) is 6.92 Å². The van der Waals surface area contributed by atoms with E-state index >= 15 is 0 Å². The second kappa shape index (κ2) is 8.39. The number of hydrogen-bond acceptors (Lipinski definition) is 2. The Hall–Kier alpha value is -1.74. The van der Waals surface area contributed by atoms with Gasteiger partial charge in [0.25, 0.3) is 5.91 Å². The molecule has 0 radical (unpaired) electrons. The summed E-state index contributed by atoms with van der Waals surface area (Å²) in [5.74, 6) is 1.90. The van der Waals surface area contributed by atoms with Crippen molar-refractivity contribution in [2.75, 3.05) is 12.3 Å². The third-order valence-corrected chi connectivity index (χ3v) is 4.96. The lowest BCUT2D eigenvalue weighted by Gasteiger charge is -2.19. The van der Waals surface area contributed by atoms with Gasteiger partial charge in [-0.05, 0) is 35.6 Å². The summed E-state index contributed by atoms with van der Waals surface area (Å²) in [5, 5.41) is 2.99. The highest BCUT2D eigenvalue weighted by Gasteiger charge is 2.14. The number of thioether (sulfide) groups is 1. The summed E-state index contributed by atoms with van der Waals surface area (Å²) in [6.45, 7) is 9.31. The fourth-order valence-electron chi connectivity index (χ4n) is 2.33. The zero-order chi connectivity index (χ0) is 17.6. The van der Waals surface area contributed by atoms with Crippen molar-refractivity contribution in [2.24, 2.45) is 0 Å². The number of amides is 1. The summed E-state index contributed by atoms with van der Waals surface area (Å²) in [5.41, 5.74) is 4.70. The van der Waals surface area contributed by atoms with Crippen LogP contribution < -0.4 is 5.32 Å². The molecule has 0 aliphatic rings. The molecule has 2 rings (SSSR count). The Morgan fingerprint density at radius 3 is 2.21 bits per heavy atom. The van der Waals surface area contributed by atoms with Gasteiger partial charge in [-0.25, -0.2) is 0 Å². The van der Waals surface area contributed by atoms with Gasteiger partial charge in [0.2, 0.25) is 0 Å². The lowest BCUT2D eigenvalue weighted by molar-refractivity contribution is 0.0956. The highest BCUT2D eigenvalue weighted by molar-refractivity contribution is 7.98. The normalized spacial score (nSPS) is 11.3. The average molecular weight is 342 g/mol. The highest BCUT2D eigenvalue weighted by Crippen LogP contribution is 2.22. The summed E-state index contributed by atoms with van der Waals surface area (Å²) >= 11 is 1.84. The van der Waals surface area contributed by atoms with Gasteiger partial charge in [-0.1, -0.05) is 62.7 Å². The number of aryl methyl sites for hydroxylation is 1. The number of benzene rings is 2. The number of hydrogen-bond donors (Lipinski definition) is 1. The van der Waals surface area contributed by atoms with Crippen molar-refractivity contribution in [1.82, 2.24) is 5.32 Å². The molecule has 0 atom stereocenters. The van der Waals surface area contributed by atoms with Crippen LogP contribution in [0.2, 0.25) is 0 Å². The maximum Gasteiger partial charge on any atom is 0.251 e. The first kappa shape index (κ1) is 18.6. The first-order chi connectivity index (χ1) is 11.4. The van der Waals surface area contributed by atoms with Crippen LogP contribution in [0.15, 0.2) is 48.5 Å². The minimum Gasteiger partial charge on any atom is -0.351 e. The van der Waals surface area contributed by atoms with Gasteiger partial charge < -0.3 is 5.32 Å². The lowest BCUT2D eigenvalue weighted by Crippen LogP contribution is -2.25. The van der Waals surface area contributed by atoms with E-state index in [1.54, 1.807) is 0 Å². The van der Waals surface area contributed by atoms with E-state index in [1.165, 1.54) is 16.7 Å². The quantitative estimate of drug-likeness (QED) is 0.753. The molecule has 0 bridgehead atoms. The first-order valence-electron chi connectivity index (χ1n) is 8.38. The van der Waals surface area contributed by atoms with Crippen molar-refractivity contribution in [1.29, 1.82) is 0 Å². The predicted octanol–water partition coefficient (Wildman–Crippen LogP) is 4.96. The van der Waals surface area contributed by atoms with E-state index in [2.05, 4.69) is 57.3 Å². The van der Waals surface area contributed by atoms with E-state index in [-0.39, 0.29) is 11.3 Å². The minimum atomic E-state index is 0.00592.